The van der Waals surface area contributed by atoms with Gasteiger partial charge in [-0.2, -0.15) is 5.10 Å². The van der Waals surface area contributed by atoms with Gasteiger partial charge in [0.1, 0.15) is 5.69 Å². The molecule has 0 aliphatic carbocycles. The number of carbonyl (C=O) groups excluding carboxylic acids is 2. The first-order valence-electron chi connectivity index (χ1n) is 9.82. The first kappa shape index (κ1) is 17.7. The quantitative estimate of drug-likeness (QED) is 0.688. The second-order valence-electron chi connectivity index (χ2n) is 7.62. The molecule has 3 amide bonds. The molecular weight excluding hydrogens is 368 g/mol. The summed E-state index contributed by atoms with van der Waals surface area (Å²) >= 11 is 0. The molecule has 5 rings (SSSR count). The number of likely N-dealkylation sites (N-methyl/N-ethyl adjacent to an activating group) is 1. The van der Waals surface area contributed by atoms with Gasteiger partial charge in [-0.3, -0.25) is 14.4 Å². The van der Waals surface area contributed by atoms with Crippen LogP contribution < -0.4 is 4.90 Å². The van der Waals surface area contributed by atoms with E-state index < -0.39 is 0 Å². The summed E-state index contributed by atoms with van der Waals surface area (Å²) in [6, 6.07) is 11.6. The van der Waals surface area contributed by atoms with Gasteiger partial charge in [0.25, 0.3) is 5.91 Å². The van der Waals surface area contributed by atoms with E-state index in [0.29, 0.717) is 31.9 Å². The van der Waals surface area contributed by atoms with E-state index in [1.54, 1.807) is 29.1 Å². The summed E-state index contributed by atoms with van der Waals surface area (Å²) in [4.78, 5) is 34.9. The third-order valence-electron chi connectivity index (χ3n) is 5.76. The molecular formula is C21H22N6O2. The van der Waals surface area contributed by atoms with Crippen molar-refractivity contribution >= 4 is 28.5 Å². The van der Waals surface area contributed by atoms with E-state index in [-0.39, 0.29) is 18.0 Å². The van der Waals surface area contributed by atoms with Crippen molar-refractivity contribution in [3.63, 3.8) is 0 Å². The summed E-state index contributed by atoms with van der Waals surface area (Å²) < 4.78 is 1.88. The fraction of sp³-hybridized carbons (Fsp3) is 0.333. The van der Waals surface area contributed by atoms with E-state index in [0.717, 1.165) is 23.0 Å². The van der Waals surface area contributed by atoms with Crippen LogP contribution in [0, 0.1) is 0 Å². The number of hydrogen-bond acceptors (Lipinski definition) is 4. The van der Waals surface area contributed by atoms with Crippen LogP contribution in [0.25, 0.3) is 10.9 Å². The third-order valence-corrected chi connectivity index (χ3v) is 5.76. The summed E-state index contributed by atoms with van der Waals surface area (Å²) in [7, 11) is 1.80. The topological polar surface area (TPSA) is 74.6 Å². The molecule has 2 aliphatic heterocycles. The van der Waals surface area contributed by atoms with Gasteiger partial charge in [-0.1, -0.05) is 24.3 Å². The van der Waals surface area contributed by atoms with Crippen molar-refractivity contribution < 1.29 is 9.59 Å². The van der Waals surface area contributed by atoms with Crippen molar-refractivity contribution in [1.29, 1.82) is 0 Å². The highest BCUT2D eigenvalue weighted by Gasteiger charge is 2.31. The molecule has 4 heterocycles. The molecule has 2 saturated heterocycles. The minimum Gasteiger partial charge on any atom is -0.335 e. The Bertz CT molecular complexity index is 1090. The molecule has 1 atom stereocenters. The summed E-state index contributed by atoms with van der Waals surface area (Å²) in [5.41, 5.74) is 2.10. The smallest absolute Gasteiger partial charge is 0.324 e. The highest BCUT2D eigenvalue weighted by Crippen LogP contribution is 2.26. The number of rotatable bonds is 3. The fourth-order valence-corrected chi connectivity index (χ4v) is 4.04. The predicted octanol–water partition coefficient (Wildman–Crippen LogP) is 2.39. The Kier molecular flexibility index (Phi) is 4.19. The predicted molar refractivity (Wildman–Crippen MR) is 109 cm³/mol. The summed E-state index contributed by atoms with van der Waals surface area (Å²) in [6.07, 6.45) is 4.46. The highest BCUT2D eigenvalue weighted by molar-refractivity contribution is 5.95. The number of amides is 3. The van der Waals surface area contributed by atoms with Crippen molar-refractivity contribution in [3.05, 3.63) is 54.5 Å². The van der Waals surface area contributed by atoms with Gasteiger partial charge >= 0.3 is 6.03 Å². The molecule has 0 spiro atoms. The van der Waals surface area contributed by atoms with Crippen LogP contribution in [0.2, 0.25) is 0 Å². The second kappa shape index (κ2) is 6.88. The lowest BCUT2D eigenvalue weighted by molar-refractivity contribution is 0.0781. The molecule has 8 heteroatoms. The lowest BCUT2D eigenvalue weighted by Gasteiger charge is -2.17. The molecule has 1 aromatic carbocycles. The number of aromatic nitrogens is 3. The molecule has 148 valence electrons. The van der Waals surface area contributed by atoms with Crippen LogP contribution in [0.3, 0.4) is 0 Å². The Morgan fingerprint density at radius 2 is 1.97 bits per heavy atom. The van der Waals surface area contributed by atoms with Crippen LogP contribution in [-0.2, 0) is 0 Å². The van der Waals surface area contributed by atoms with Gasteiger partial charge in [-0.25, -0.2) is 9.78 Å². The van der Waals surface area contributed by atoms with Crippen LogP contribution in [-0.4, -0.2) is 69.7 Å². The van der Waals surface area contributed by atoms with Crippen molar-refractivity contribution in [1.82, 2.24) is 24.6 Å². The number of carbonyl (C=O) groups is 2. The number of likely N-dealkylation sites (tertiary alicyclic amines) is 1. The molecule has 8 nitrogen and oxygen atoms in total. The average molecular weight is 390 g/mol. The minimum atomic E-state index is -0.0537. The third kappa shape index (κ3) is 3.10. The van der Waals surface area contributed by atoms with E-state index in [1.165, 1.54) is 0 Å². The van der Waals surface area contributed by atoms with Gasteiger partial charge in [-0.05, 0) is 18.6 Å². The van der Waals surface area contributed by atoms with Crippen LogP contribution >= 0.6 is 0 Å². The largest absolute Gasteiger partial charge is 0.335 e. The maximum atomic E-state index is 12.9. The zero-order valence-electron chi connectivity index (χ0n) is 16.2. The zero-order chi connectivity index (χ0) is 20.0. The maximum Gasteiger partial charge on any atom is 0.324 e. The molecule has 0 saturated carbocycles. The molecule has 2 aromatic heterocycles. The number of para-hydroxylation sites is 1. The van der Waals surface area contributed by atoms with Gasteiger partial charge in [0.2, 0.25) is 0 Å². The molecule has 2 fully saturated rings. The van der Waals surface area contributed by atoms with Gasteiger partial charge in [0.05, 0.1) is 23.4 Å². The molecule has 0 N–H and O–H groups in total. The summed E-state index contributed by atoms with van der Waals surface area (Å²) in [5, 5.41) is 5.48. The highest BCUT2D eigenvalue weighted by atomic mass is 16.2. The Balaban J connectivity index is 1.30. The molecule has 2 aliphatic rings. The summed E-state index contributed by atoms with van der Waals surface area (Å²) in [6.45, 7) is 2.64. The van der Waals surface area contributed by atoms with Crippen LogP contribution in [0.4, 0.5) is 10.5 Å². The van der Waals surface area contributed by atoms with E-state index in [1.807, 2.05) is 46.1 Å². The second-order valence-corrected chi connectivity index (χ2v) is 7.62. The van der Waals surface area contributed by atoms with Crippen molar-refractivity contribution in [2.24, 2.45) is 0 Å². The van der Waals surface area contributed by atoms with Crippen LogP contribution in [0.1, 0.15) is 23.0 Å². The average Bonchev–Trinajstić information content (AvgIpc) is 3.48. The molecule has 29 heavy (non-hydrogen) atoms. The number of pyridine rings is 1. The molecule has 0 bridgehead atoms. The van der Waals surface area contributed by atoms with Crippen molar-refractivity contribution in [2.45, 2.75) is 12.5 Å². The SMILES string of the molecule is CN1CCN(c2cnn(C3CCN(C(=O)c4ccc5ccccc5n4)C3)c2)C1=O. The van der Waals surface area contributed by atoms with Gasteiger partial charge in [0.15, 0.2) is 0 Å². The van der Waals surface area contributed by atoms with Crippen molar-refractivity contribution in [3.8, 4) is 0 Å². The Morgan fingerprint density at radius 1 is 1.10 bits per heavy atom. The number of anilines is 1. The van der Waals surface area contributed by atoms with Gasteiger partial charge in [0, 0.05) is 44.8 Å². The maximum absolute atomic E-state index is 12.9. The van der Waals surface area contributed by atoms with Crippen LogP contribution in [0.15, 0.2) is 48.8 Å². The minimum absolute atomic E-state index is 0.00449. The van der Waals surface area contributed by atoms with Gasteiger partial charge < -0.3 is 9.80 Å². The standard InChI is InChI=1S/C21H22N6O2/c1-24-10-11-26(21(24)29)17-12-22-27(14-17)16-8-9-25(13-16)20(28)19-7-6-15-4-2-3-5-18(15)23-19/h2-7,12,14,16H,8-11,13H2,1H3. The zero-order valence-corrected chi connectivity index (χ0v) is 16.2. The summed E-state index contributed by atoms with van der Waals surface area (Å²) in [5.74, 6) is -0.0537. The first-order valence-corrected chi connectivity index (χ1v) is 9.82. The fourth-order valence-electron chi connectivity index (χ4n) is 4.04. The lowest BCUT2D eigenvalue weighted by Crippen LogP contribution is -2.30. The number of nitrogens with zero attached hydrogens (tertiary/aromatic N) is 6. The Hall–Kier alpha value is -3.42. The Morgan fingerprint density at radius 3 is 2.79 bits per heavy atom. The number of hydrogen-bond donors (Lipinski definition) is 0. The van der Waals surface area contributed by atoms with Crippen LogP contribution in [0.5, 0.6) is 0 Å². The number of urea groups is 1. The van der Waals surface area contributed by atoms with E-state index in [4.69, 9.17) is 0 Å². The number of fused-ring (bicyclic) bond motifs is 1. The van der Waals surface area contributed by atoms with Gasteiger partial charge in [-0.15, -0.1) is 0 Å². The molecule has 1 unspecified atom stereocenters. The van der Waals surface area contributed by atoms with Crippen molar-refractivity contribution in [2.75, 3.05) is 38.1 Å². The molecule has 3 aromatic rings. The monoisotopic (exact) mass is 390 g/mol. The lowest BCUT2D eigenvalue weighted by atomic mass is 10.2. The van der Waals surface area contributed by atoms with E-state index >= 15 is 0 Å². The van der Waals surface area contributed by atoms with E-state index in [2.05, 4.69) is 10.1 Å². The Labute approximate surface area is 168 Å². The van der Waals surface area contributed by atoms with E-state index in [9.17, 15) is 9.59 Å². The molecule has 0 radical (unpaired) electrons. The number of benzene rings is 1. The first-order chi connectivity index (χ1) is 14.1. The normalized spacial score (nSPS) is 19.6.